The molecule has 0 aromatic carbocycles. The summed E-state index contributed by atoms with van der Waals surface area (Å²) in [6.07, 6.45) is 4.86. The van der Waals surface area contributed by atoms with Gasteiger partial charge >= 0.3 is 0 Å². The van der Waals surface area contributed by atoms with Crippen molar-refractivity contribution in [1.82, 2.24) is 4.98 Å². The fourth-order valence-electron chi connectivity index (χ4n) is 1.45. The van der Waals surface area contributed by atoms with Crippen LogP contribution in [0.3, 0.4) is 0 Å². The quantitative estimate of drug-likeness (QED) is 0.686. The molecule has 0 amide bonds. The first-order chi connectivity index (χ1) is 6.11. The smallest absolute Gasteiger partial charge is 0.0306 e. The van der Waals surface area contributed by atoms with Gasteiger partial charge in [-0.2, -0.15) is 0 Å². The predicted octanol–water partition coefficient (Wildman–Crippen LogP) is 3.31. The molecule has 0 saturated heterocycles. The van der Waals surface area contributed by atoms with Gasteiger partial charge in [-0.15, -0.1) is 0 Å². The fourth-order valence-corrected chi connectivity index (χ4v) is 1.45. The topological polar surface area (TPSA) is 12.9 Å². The Labute approximate surface area is 80.5 Å². The van der Waals surface area contributed by atoms with Crippen LogP contribution in [0.4, 0.5) is 0 Å². The van der Waals surface area contributed by atoms with Gasteiger partial charge in [0.15, 0.2) is 0 Å². The summed E-state index contributed by atoms with van der Waals surface area (Å²) in [7, 11) is 0. The number of pyridine rings is 1. The summed E-state index contributed by atoms with van der Waals surface area (Å²) >= 11 is 0. The maximum absolute atomic E-state index is 4.14. The minimum Gasteiger partial charge on any atom is -0.264 e. The molecule has 1 nitrogen and oxygen atoms in total. The van der Waals surface area contributed by atoms with Crippen LogP contribution in [0.25, 0.3) is 5.57 Å². The van der Waals surface area contributed by atoms with Crippen LogP contribution in [-0.4, -0.2) is 4.98 Å². The minimum atomic E-state index is 0.669. The van der Waals surface area contributed by atoms with Gasteiger partial charge < -0.3 is 0 Å². The van der Waals surface area contributed by atoms with Crippen molar-refractivity contribution in [2.45, 2.75) is 27.2 Å². The second-order valence-corrected chi connectivity index (χ2v) is 3.91. The number of nitrogens with zero attached hydrogens (tertiary/aromatic N) is 1. The molecule has 0 radical (unpaired) electrons. The Balaban J connectivity index is 2.98. The zero-order chi connectivity index (χ0) is 9.84. The van der Waals surface area contributed by atoms with E-state index in [-0.39, 0.29) is 0 Å². The second kappa shape index (κ2) is 4.22. The van der Waals surface area contributed by atoms with Gasteiger partial charge in [0.05, 0.1) is 0 Å². The Bertz CT molecular complexity index is 300. The second-order valence-electron chi connectivity index (χ2n) is 3.91. The van der Waals surface area contributed by atoms with Crippen molar-refractivity contribution in [3.63, 3.8) is 0 Å². The average Bonchev–Trinajstić information content (AvgIpc) is 2.03. The van der Waals surface area contributed by atoms with Crippen LogP contribution in [0.15, 0.2) is 25.0 Å². The number of aromatic nitrogens is 1. The molecule has 0 atom stereocenters. The van der Waals surface area contributed by atoms with E-state index < -0.39 is 0 Å². The third-order valence-corrected chi connectivity index (χ3v) is 1.99. The van der Waals surface area contributed by atoms with Crippen LogP contribution in [-0.2, 0) is 6.42 Å². The summed E-state index contributed by atoms with van der Waals surface area (Å²) < 4.78 is 0. The zero-order valence-corrected chi connectivity index (χ0v) is 8.67. The first-order valence-corrected chi connectivity index (χ1v) is 4.70. The summed E-state index contributed by atoms with van der Waals surface area (Å²) in [6.45, 7) is 10.4. The van der Waals surface area contributed by atoms with Crippen molar-refractivity contribution in [2.75, 3.05) is 0 Å². The van der Waals surface area contributed by atoms with E-state index in [1.54, 1.807) is 0 Å². The van der Waals surface area contributed by atoms with E-state index in [1.165, 1.54) is 11.1 Å². The third-order valence-electron chi connectivity index (χ3n) is 1.99. The molecule has 0 aliphatic rings. The predicted molar refractivity (Wildman–Crippen MR) is 57.5 cm³/mol. The molecule has 0 fully saturated rings. The minimum absolute atomic E-state index is 0.669. The van der Waals surface area contributed by atoms with E-state index in [2.05, 4.69) is 25.4 Å². The normalized spacial score (nSPS) is 10.5. The molecule has 1 aromatic heterocycles. The van der Waals surface area contributed by atoms with Crippen LogP contribution in [0.2, 0.25) is 0 Å². The van der Waals surface area contributed by atoms with E-state index in [0.717, 1.165) is 12.0 Å². The molecule has 1 heterocycles. The van der Waals surface area contributed by atoms with Gasteiger partial charge in [0.25, 0.3) is 0 Å². The number of hydrogen-bond donors (Lipinski definition) is 0. The molecule has 1 heteroatoms. The van der Waals surface area contributed by atoms with E-state index in [1.807, 2.05) is 25.4 Å². The lowest BCUT2D eigenvalue weighted by Crippen LogP contribution is -1.98. The molecular weight excluding hydrogens is 158 g/mol. The fraction of sp³-hybridized carbons (Fsp3) is 0.417. The van der Waals surface area contributed by atoms with Crippen LogP contribution < -0.4 is 0 Å². The van der Waals surface area contributed by atoms with Crippen LogP contribution in [0.1, 0.15) is 31.9 Å². The van der Waals surface area contributed by atoms with Gasteiger partial charge in [-0.05, 0) is 36.5 Å². The summed E-state index contributed by atoms with van der Waals surface area (Å²) in [5.74, 6) is 0.669. The highest BCUT2D eigenvalue weighted by molar-refractivity contribution is 5.63. The average molecular weight is 175 g/mol. The van der Waals surface area contributed by atoms with Crippen molar-refractivity contribution < 1.29 is 0 Å². The maximum Gasteiger partial charge on any atom is 0.0306 e. The highest BCUT2D eigenvalue weighted by Gasteiger charge is 2.04. The lowest BCUT2D eigenvalue weighted by atomic mass is 9.97. The highest BCUT2D eigenvalue weighted by Crippen LogP contribution is 2.18. The van der Waals surface area contributed by atoms with Crippen LogP contribution in [0.5, 0.6) is 0 Å². The molecule has 1 rings (SSSR count). The van der Waals surface area contributed by atoms with Crippen molar-refractivity contribution in [3.05, 3.63) is 36.2 Å². The van der Waals surface area contributed by atoms with E-state index >= 15 is 0 Å². The number of hydrogen-bond acceptors (Lipinski definition) is 1. The van der Waals surface area contributed by atoms with Crippen LogP contribution >= 0.6 is 0 Å². The summed E-state index contributed by atoms with van der Waals surface area (Å²) in [5.41, 5.74) is 3.69. The summed E-state index contributed by atoms with van der Waals surface area (Å²) in [5, 5.41) is 0. The lowest BCUT2D eigenvalue weighted by molar-refractivity contribution is 0.644. The molecule has 0 spiro atoms. The van der Waals surface area contributed by atoms with Crippen molar-refractivity contribution in [1.29, 1.82) is 0 Å². The van der Waals surface area contributed by atoms with Crippen molar-refractivity contribution in [2.24, 2.45) is 5.92 Å². The molecule has 0 saturated carbocycles. The SMILES string of the molecule is C=C(C)c1ccncc1CC(C)C. The van der Waals surface area contributed by atoms with Gasteiger partial charge in [0, 0.05) is 12.4 Å². The maximum atomic E-state index is 4.14. The van der Waals surface area contributed by atoms with Gasteiger partial charge in [0.1, 0.15) is 0 Å². The molecular formula is C12H17N. The molecule has 0 aliphatic carbocycles. The third kappa shape index (κ3) is 2.69. The summed E-state index contributed by atoms with van der Waals surface area (Å²) in [4.78, 5) is 4.14. The molecule has 0 bridgehead atoms. The Morgan fingerprint density at radius 2 is 2.23 bits per heavy atom. The largest absolute Gasteiger partial charge is 0.264 e. The van der Waals surface area contributed by atoms with Crippen LogP contribution in [0, 0.1) is 5.92 Å². The standard InChI is InChI=1S/C12H17N/c1-9(2)7-11-8-13-6-5-12(11)10(3)4/h5-6,8-9H,3,7H2,1-2,4H3. The molecule has 0 unspecified atom stereocenters. The first-order valence-electron chi connectivity index (χ1n) is 4.70. The first kappa shape index (κ1) is 9.97. The number of rotatable bonds is 3. The van der Waals surface area contributed by atoms with Gasteiger partial charge in [0.2, 0.25) is 0 Å². The van der Waals surface area contributed by atoms with Gasteiger partial charge in [-0.1, -0.05) is 26.0 Å². The van der Waals surface area contributed by atoms with Crippen molar-refractivity contribution >= 4 is 5.57 Å². The lowest BCUT2D eigenvalue weighted by Gasteiger charge is -2.10. The van der Waals surface area contributed by atoms with E-state index in [9.17, 15) is 0 Å². The van der Waals surface area contributed by atoms with Gasteiger partial charge in [-0.3, -0.25) is 4.98 Å². The number of allylic oxidation sites excluding steroid dienone is 1. The summed E-state index contributed by atoms with van der Waals surface area (Å²) in [6, 6.07) is 2.04. The molecule has 0 aliphatic heterocycles. The van der Waals surface area contributed by atoms with Gasteiger partial charge in [-0.25, -0.2) is 0 Å². The van der Waals surface area contributed by atoms with E-state index in [4.69, 9.17) is 0 Å². The van der Waals surface area contributed by atoms with Crippen molar-refractivity contribution in [3.8, 4) is 0 Å². The Kier molecular flexibility index (Phi) is 3.24. The Morgan fingerprint density at radius 3 is 2.77 bits per heavy atom. The van der Waals surface area contributed by atoms with E-state index in [0.29, 0.717) is 5.92 Å². The monoisotopic (exact) mass is 175 g/mol. The molecule has 70 valence electrons. The molecule has 0 N–H and O–H groups in total. The molecule has 1 aromatic rings. The zero-order valence-electron chi connectivity index (χ0n) is 8.67. The Morgan fingerprint density at radius 1 is 1.54 bits per heavy atom. The molecule has 13 heavy (non-hydrogen) atoms. The Hall–Kier alpha value is -1.11. The highest BCUT2D eigenvalue weighted by atomic mass is 14.6.